The van der Waals surface area contributed by atoms with Crippen molar-refractivity contribution in [2.24, 2.45) is 0 Å². The summed E-state index contributed by atoms with van der Waals surface area (Å²) in [4.78, 5) is 4.03. The molecule has 0 aromatic carbocycles. The molecule has 1 aromatic heterocycles. The Morgan fingerprint density at radius 2 is 2.56 bits per heavy atom. The zero-order valence-corrected chi connectivity index (χ0v) is 4.83. The van der Waals surface area contributed by atoms with Crippen molar-refractivity contribution in [3.05, 3.63) is 23.9 Å². The van der Waals surface area contributed by atoms with Gasteiger partial charge in [0.1, 0.15) is 0 Å². The van der Waals surface area contributed by atoms with E-state index < -0.39 is 0 Å². The number of pyridine rings is 1. The Labute approximate surface area is 53.1 Å². The predicted molar refractivity (Wildman–Crippen MR) is 32.9 cm³/mol. The summed E-state index contributed by atoms with van der Waals surface area (Å²) in [6, 6.07) is 3.94. The second kappa shape index (κ2) is 1.70. The molecule has 0 saturated carbocycles. The highest BCUT2D eigenvalue weighted by Crippen LogP contribution is 2.13. The molecule has 0 unspecified atom stereocenters. The van der Waals surface area contributed by atoms with Crippen molar-refractivity contribution in [2.45, 2.75) is 6.54 Å². The summed E-state index contributed by atoms with van der Waals surface area (Å²) >= 11 is 0. The fourth-order valence-corrected chi connectivity index (χ4v) is 0.869. The summed E-state index contributed by atoms with van der Waals surface area (Å²) in [5.41, 5.74) is 7.97. The third kappa shape index (κ3) is 0.658. The minimum atomic E-state index is 0.823. The highest BCUT2D eigenvalue weighted by atomic mass is 15.4. The van der Waals surface area contributed by atoms with E-state index in [1.165, 1.54) is 5.56 Å². The van der Waals surface area contributed by atoms with Crippen molar-refractivity contribution < 1.29 is 0 Å². The second-order valence-corrected chi connectivity index (χ2v) is 1.93. The zero-order chi connectivity index (χ0) is 6.10. The van der Waals surface area contributed by atoms with Gasteiger partial charge in [-0.3, -0.25) is 0 Å². The summed E-state index contributed by atoms with van der Waals surface area (Å²) in [6.07, 6.45) is 1.75. The molecule has 3 nitrogen and oxygen atoms in total. The molecule has 1 aromatic rings. The van der Waals surface area contributed by atoms with Crippen LogP contribution in [0.5, 0.6) is 0 Å². The van der Waals surface area contributed by atoms with E-state index in [2.05, 4.69) is 15.8 Å². The van der Waals surface area contributed by atoms with Crippen LogP contribution in [0.1, 0.15) is 5.56 Å². The minimum absolute atomic E-state index is 0.823. The third-order valence-corrected chi connectivity index (χ3v) is 1.32. The molecule has 0 bridgehead atoms. The molecule has 45 valence electrons. The van der Waals surface area contributed by atoms with Gasteiger partial charge < -0.3 is 0 Å². The SMILES string of the molecule is c1cnc2c(c1)CN[N]2. The third-order valence-electron chi connectivity index (χ3n) is 1.32. The van der Waals surface area contributed by atoms with Gasteiger partial charge in [-0.1, -0.05) is 6.07 Å². The molecule has 9 heavy (non-hydrogen) atoms. The van der Waals surface area contributed by atoms with Gasteiger partial charge in [0.05, 0.1) is 0 Å². The first-order valence-corrected chi connectivity index (χ1v) is 2.84. The van der Waals surface area contributed by atoms with Gasteiger partial charge in [-0.05, 0) is 6.07 Å². The molecular formula is C6H6N3. The summed E-state index contributed by atoms with van der Waals surface area (Å²) in [6.45, 7) is 0.823. The monoisotopic (exact) mass is 120 g/mol. The number of hydrogen-bond acceptors (Lipinski definition) is 2. The molecule has 0 aliphatic carbocycles. The molecule has 0 spiro atoms. The van der Waals surface area contributed by atoms with Crippen molar-refractivity contribution in [2.75, 3.05) is 0 Å². The molecule has 1 aliphatic heterocycles. The van der Waals surface area contributed by atoms with Gasteiger partial charge in [-0.25, -0.2) is 10.4 Å². The second-order valence-electron chi connectivity index (χ2n) is 1.93. The molecule has 1 N–H and O–H groups in total. The predicted octanol–water partition coefficient (Wildman–Crippen LogP) is 0.336. The van der Waals surface area contributed by atoms with E-state index in [0.717, 1.165) is 12.4 Å². The van der Waals surface area contributed by atoms with Crippen LogP contribution in [0.15, 0.2) is 18.3 Å². The van der Waals surface area contributed by atoms with Crippen LogP contribution in [0.2, 0.25) is 0 Å². The first-order valence-electron chi connectivity index (χ1n) is 2.84. The van der Waals surface area contributed by atoms with Gasteiger partial charge >= 0.3 is 0 Å². The molecule has 0 atom stereocenters. The van der Waals surface area contributed by atoms with Crippen molar-refractivity contribution in [1.82, 2.24) is 15.8 Å². The molecule has 0 amide bonds. The van der Waals surface area contributed by atoms with Crippen LogP contribution in [0, 0.1) is 0 Å². The highest BCUT2D eigenvalue weighted by molar-refractivity contribution is 5.38. The average Bonchev–Trinajstić information content (AvgIpc) is 2.33. The van der Waals surface area contributed by atoms with Gasteiger partial charge in [-0.2, -0.15) is 5.43 Å². The molecule has 1 radical (unpaired) electrons. The largest absolute Gasteiger partial charge is 0.236 e. The van der Waals surface area contributed by atoms with Gasteiger partial charge in [0.2, 0.25) is 0 Å². The van der Waals surface area contributed by atoms with Crippen LogP contribution < -0.4 is 10.9 Å². The van der Waals surface area contributed by atoms with Crippen LogP contribution >= 0.6 is 0 Å². The highest BCUT2D eigenvalue weighted by Gasteiger charge is 2.09. The molecule has 0 fully saturated rings. The van der Waals surface area contributed by atoms with Crippen LogP contribution in [-0.2, 0) is 6.54 Å². The van der Waals surface area contributed by atoms with E-state index in [1.807, 2.05) is 12.1 Å². The Hall–Kier alpha value is -1.09. The van der Waals surface area contributed by atoms with E-state index in [0.29, 0.717) is 0 Å². The van der Waals surface area contributed by atoms with Crippen LogP contribution in [0.25, 0.3) is 0 Å². The molecule has 0 saturated heterocycles. The number of rotatable bonds is 0. The van der Waals surface area contributed by atoms with E-state index in [4.69, 9.17) is 0 Å². The minimum Gasteiger partial charge on any atom is -0.236 e. The van der Waals surface area contributed by atoms with Crippen LogP contribution in [0.3, 0.4) is 0 Å². The number of fused-ring (bicyclic) bond motifs is 1. The lowest BCUT2D eigenvalue weighted by molar-refractivity contribution is 0.674. The number of aromatic nitrogens is 1. The van der Waals surface area contributed by atoms with E-state index in [9.17, 15) is 0 Å². The maximum Gasteiger partial charge on any atom is 0.170 e. The molecular weight excluding hydrogens is 114 g/mol. The number of nitrogens with zero attached hydrogens (tertiary/aromatic N) is 2. The molecule has 2 rings (SSSR count). The molecule has 3 heteroatoms. The average molecular weight is 120 g/mol. The van der Waals surface area contributed by atoms with Gasteiger partial charge in [0.25, 0.3) is 0 Å². The molecule has 2 heterocycles. The van der Waals surface area contributed by atoms with Gasteiger partial charge in [0, 0.05) is 18.3 Å². The fraction of sp³-hybridized carbons (Fsp3) is 0.167. The van der Waals surface area contributed by atoms with Crippen LogP contribution in [0.4, 0.5) is 5.82 Å². The van der Waals surface area contributed by atoms with E-state index in [1.54, 1.807) is 6.20 Å². The summed E-state index contributed by atoms with van der Waals surface area (Å²) < 4.78 is 0. The Kier molecular flexibility index (Phi) is 0.899. The Morgan fingerprint density at radius 1 is 1.56 bits per heavy atom. The number of nitrogens with one attached hydrogen (secondary N) is 1. The Balaban J connectivity index is 2.54. The van der Waals surface area contributed by atoms with Gasteiger partial charge in [-0.15, -0.1) is 0 Å². The Morgan fingerprint density at radius 3 is 3.44 bits per heavy atom. The fourth-order valence-electron chi connectivity index (χ4n) is 0.869. The lowest BCUT2D eigenvalue weighted by Gasteiger charge is -1.88. The smallest absolute Gasteiger partial charge is 0.170 e. The van der Waals surface area contributed by atoms with E-state index >= 15 is 0 Å². The maximum atomic E-state index is 4.03. The molecule has 1 aliphatic rings. The van der Waals surface area contributed by atoms with Gasteiger partial charge in [0.15, 0.2) is 5.82 Å². The quantitative estimate of drug-likeness (QED) is 0.536. The topological polar surface area (TPSA) is 39.0 Å². The van der Waals surface area contributed by atoms with Crippen molar-refractivity contribution in [1.29, 1.82) is 0 Å². The first-order chi connectivity index (χ1) is 4.47. The van der Waals surface area contributed by atoms with Crippen molar-refractivity contribution in [3.63, 3.8) is 0 Å². The standard InChI is InChI=1S/C6H6N3/c1-2-5-4-8-9-6(5)7-3-1/h1-3,8H,4H2. The Bertz CT molecular complexity index is 198. The van der Waals surface area contributed by atoms with Crippen molar-refractivity contribution >= 4 is 5.82 Å². The summed E-state index contributed by atoms with van der Waals surface area (Å²) in [5.74, 6) is 0.831. The first kappa shape index (κ1) is 4.76. The lowest BCUT2D eigenvalue weighted by atomic mass is 10.3. The lowest BCUT2D eigenvalue weighted by Crippen LogP contribution is -2.10. The van der Waals surface area contributed by atoms with E-state index in [-0.39, 0.29) is 0 Å². The normalized spacial score (nSPS) is 14.7. The summed E-state index contributed by atoms with van der Waals surface area (Å²) in [5, 5.41) is 0. The summed E-state index contributed by atoms with van der Waals surface area (Å²) in [7, 11) is 0. The van der Waals surface area contributed by atoms with Crippen molar-refractivity contribution in [3.8, 4) is 0 Å². The zero-order valence-electron chi connectivity index (χ0n) is 4.83. The maximum absolute atomic E-state index is 4.03. The number of hydrogen-bond donors (Lipinski definition) is 1. The van der Waals surface area contributed by atoms with Crippen LogP contribution in [-0.4, -0.2) is 4.98 Å².